The monoisotopic (exact) mass is 1490 g/mol. The molecule has 2 aliphatic rings. The average molecular weight is 1490 g/mol. The molecule has 0 saturated carbocycles. The second kappa shape index (κ2) is 39.2. The van der Waals surface area contributed by atoms with E-state index in [0.717, 1.165) is 46.4 Å². The number of aryl methyl sites for hydroxylation is 1. The van der Waals surface area contributed by atoms with Crippen LogP contribution in [0.1, 0.15) is 116 Å². The van der Waals surface area contributed by atoms with E-state index < -0.39 is 188 Å². The second-order valence-electron chi connectivity index (χ2n) is 28.8. The van der Waals surface area contributed by atoms with Gasteiger partial charge in [0.05, 0.1) is 38.2 Å². The molecule has 31 heteroatoms. The summed E-state index contributed by atoms with van der Waals surface area (Å²) >= 11 is 6.23. The van der Waals surface area contributed by atoms with E-state index in [1.54, 1.807) is 103 Å². The number of likely N-dealkylation sites (N-methyl/N-ethyl adjacent to an activating group) is 7. The van der Waals surface area contributed by atoms with Crippen LogP contribution in [0, 0.1) is 11.8 Å². The molecule has 27 nitrogen and oxygen atoms in total. The Morgan fingerprint density at radius 1 is 0.590 bits per heavy atom. The van der Waals surface area contributed by atoms with Gasteiger partial charge in [0.15, 0.2) is 0 Å². The Labute approximate surface area is 618 Å². The number of nitrogens with one attached hydrogen (secondary N) is 5. The first-order chi connectivity index (χ1) is 49.1. The number of benzene rings is 3. The van der Waals surface area contributed by atoms with Crippen LogP contribution in [-0.4, -0.2) is 265 Å². The molecule has 2 aliphatic heterocycles. The number of halogens is 4. The molecule has 2 heterocycles. The highest BCUT2D eigenvalue weighted by Gasteiger charge is 2.42. The van der Waals surface area contributed by atoms with Gasteiger partial charge in [0, 0.05) is 85.8 Å². The number of carbonyl (C=O) groups is 13. The third kappa shape index (κ3) is 25.8. The number of ether oxygens (including phenoxy) is 1. The first kappa shape index (κ1) is 86.5. The smallest absolute Gasteiger partial charge is 0.369 e. The van der Waals surface area contributed by atoms with Gasteiger partial charge in [-0.25, -0.2) is 0 Å². The maximum Gasteiger partial charge on any atom is 0.416 e. The molecule has 9 atom stereocenters. The van der Waals surface area contributed by atoms with Gasteiger partial charge in [0.25, 0.3) is 0 Å². The molecule has 1 unspecified atom stereocenters. The molecule has 2 saturated heterocycles. The molecule has 578 valence electrons. The van der Waals surface area contributed by atoms with Crippen molar-refractivity contribution >= 4 is 88.4 Å². The van der Waals surface area contributed by atoms with Crippen LogP contribution in [0.4, 0.5) is 13.2 Å². The Hall–Kier alpha value is -9.19. The fourth-order valence-electron chi connectivity index (χ4n) is 12.0. The van der Waals surface area contributed by atoms with Crippen LogP contribution in [0.5, 0.6) is 0 Å². The molecule has 3 aromatic carbocycles. The number of nitrogens with zero attached hydrogens (tertiary/aromatic N) is 8. The molecule has 5 N–H and O–H groups in total. The molecular formula is C74H105ClF3N13O14. The van der Waals surface area contributed by atoms with E-state index in [9.17, 15) is 56.3 Å². The molecule has 5 rings (SSSR count). The van der Waals surface area contributed by atoms with Crippen molar-refractivity contribution < 1.29 is 80.2 Å². The number of hydrogen-bond donors (Lipinski definition) is 5. The summed E-state index contributed by atoms with van der Waals surface area (Å²) in [6, 6.07) is 7.07. The summed E-state index contributed by atoms with van der Waals surface area (Å²) in [6.45, 7) is 10.8. The SMILES string of the molecule is CC[C@H](C)[C@@H]1NC(=O)[C@H](C)N(C)C(=O)CC(C(=O)N2CCCC2)NC(=O)[C@H](CC(C)C)N(C)C(=O)[C@H](Cc2ccccc2)N(C)C(=O)[C@H](COCC(=O)NC(C)(C)C)NC(=O)[C@H](CCc2ccc(C(F)(F)F)cc2)NC(=O)CN(C)C(=O)[C@H](Cc2ccc(Cl)cc2)N(C)C(=O)CN(C)C(=O)CN(C)C1=O. The number of hydrogen-bond acceptors (Lipinski definition) is 14. The molecule has 0 bridgehead atoms. The van der Waals surface area contributed by atoms with Gasteiger partial charge in [-0.1, -0.05) is 100 Å². The molecule has 0 spiro atoms. The minimum absolute atomic E-state index is 0.0248. The van der Waals surface area contributed by atoms with Crippen molar-refractivity contribution in [3.8, 4) is 0 Å². The van der Waals surface area contributed by atoms with Crippen molar-refractivity contribution in [1.29, 1.82) is 0 Å². The summed E-state index contributed by atoms with van der Waals surface area (Å²) in [5.74, 6) is -11.3. The van der Waals surface area contributed by atoms with Gasteiger partial charge in [-0.2, -0.15) is 13.2 Å². The molecule has 13 amide bonds. The zero-order valence-electron chi connectivity index (χ0n) is 62.9. The van der Waals surface area contributed by atoms with Gasteiger partial charge in [-0.05, 0) is 113 Å². The standard InChI is InChI=1S/C74H105ClF3N13O14/c1-16-46(4)64-72(104)86(11)41-62(95)84(9)42-63(96)88(13)57(38-50-26-31-52(75)32-27-50)70(102)85(10)40-59(92)79-53(33-28-48-24-29-51(30-25-48)74(76,77)78)66(98)81-55(43-105-44-60(93)83-73(6,7)8)68(100)90(15)58(37-49-22-18-17-19-23-49)71(103)89(14)56(36-45(2)3)67(99)80-54(69(101)91-34-20-21-35-91)39-61(94)87(12)47(5)65(97)82-64/h17-19,22-27,29-32,45-47,53-58,64H,16,20-21,28,33-44H2,1-15H3,(H,79,92)(H,80,99)(H,81,98)(H,82,97)(H,83,93)/t46-,47-,53-,54?,55-,56-,57-,58-,64-/m0/s1. The van der Waals surface area contributed by atoms with Crippen molar-refractivity contribution in [2.75, 3.05) is 95.3 Å². The van der Waals surface area contributed by atoms with Crippen molar-refractivity contribution in [3.63, 3.8) is 0 Å². The third-order valence-corrected chi connectivity index (χ3v) is 19.1. The van der Waals surface area contributed by atoms with E-state index in [1.165, 1.54) is 73.3 Å². The van der Waals surface area contributed by atoms with Crippen molar-refractivity contribution in [3.05, 3.63) is 106 Å². The molecular weight excluding hydrogens is 1390 g/mol. The van der Waals surface area contributed by atoms with Crippen molar-refractivity contribution in [2.24, 2.45) is 11.8 Å². The zero-order chi connectivity index (χ0) is 78.5. The Balaban J connectivity index is 1.68. The Morgan fingerprint density at radius 3 is 1.71 bits per heavy atom. The number of alkyl halides is 3. The van der Waals surface area contributed by atoms with Crippen LogP contribution in [0.25, 0.3) is 0 Å². The van der Waals surface area contributed by atoms with Gasteiger partial charge in [-0.15, -0.1) is 0 Å². The predicted molar refractivity (Wildman–Crippen MR) is 386 cm³/mol. The zero-order valence-corrected chi connectivity index (χ0v) is 63.7. The number of carbonyl (C=O) groups excluding carboxylic acids is 13. The number of rotatable bonds is 16. The fourth-order valence-corrected chi connectivity index (χ4v) is 12.2. The van der Waals surface area contributed by atoms with E-state index in [-0.39, 0.29) is 38.0 Å². The minimum atomic E-state index is -4.69. The lowest BCUT2D eigenvalue weighted by Gasteiger charge is -2.37. The van der Waals surface area contributed by atoms with Crippen LogP contribution in [-0.2, 0) is 92.5 Å². The van der Waals surface area contributed by atoms with Gasteiger partial charge < -0.3 is 70.5 Å². The summed E-state index contributed by atoms with van der Waals surface area (Å²) in [4.78, 5) is 199. The lowest BCUT2D eigenvalue weighted by atomic mass is 9.97. The highest BCUT2D eigenvalue weighted by atomic mass is 35.5. The highest BCUT2D eigenvalue weighted by Crippen LogP contribution is 2.30. The second-order valence-corrected chi connectivity index (χ2v) is 29.3. The van der Waals surface area contributed by atoms with E-state index in [2.05, 4.69) is 26.6 Å². The molecule has 0 aromatic heterocycles. The van der Waals surface area contributed by atoms with Crippen LogP contribution in [0.15, 0.2) is 78.9 Å². The average Bonchev–Trinajstić information content (AvgIpc) is 1.08. The lowest BCUT2D eigenvalue weighted by molar-refractivity contribution is -0.150. The first-order valence-corrected chi connectivity index (χ1v) is 35.6. The normalized spacial score (nSPS) is 23.0. The van der Waals surface area contributed by atoms with Crippen LogP contribution < -0.4 is 26.6 Å². The fraction of sp³-hybridized carbons (Fsp3) is 0.581. The maximum atomic E-state index is 15.6. The lowest BCUT2D eigenvalue weighted by Crippen LogP contribution is -2.61. The minimum Gasteiger partial charge on any atom is -0.369 e. The van der Waals surface area contributed by atoms with Crippen molar-refractivity contribution in [2.45, 2.75) is 173 Å². The predicted octanol–water partition coefficient (Wildman–Crippen LogP) is 3.47. The first-order valence-electron chi connectivity index (χ1n) is 35.2. The molecule has 2 fully saturated rings. The van der Waals surface area contributed by atoms with Gasteiger partial charge in [-0.3, -0.25) is 62.3 Å². The largest absolute Gasteiger partial charge is 0.416 e. The van der Waals surface area contributed by atoms with Crippen LogP contribution >= 0.6 is 11.6 Å². The quantitative estimate of drug-likeness (QED) is 0.137. The molecule has 3 aromatic rings. The summed E-state index contributed by atoms with van der Waals surface area (Å²) in [5, 5.41) is 13.9. The van der Waals surface area contributed by atoms with Gasteiger partial charge in [0.2, 0.25) is 76.8 Å². The molecule has 0 aliphatic carbocycles. The van der Waals surface area contributed by atoms with Crippen LogP contribution in [0.3, 0.4) is 0 Å². The Morgan fingerprint density at radius 2 is 1.14 bits per heavy atom. The summed E-state index contributed by atoms with van der Waals surface area (Å²) < 4.78 is 47.2. The van der Waals surface area contributed by atoms with Crippen molar-refractivity contribution in [1.82, 2.24) is 65.8 Å². The summed E-state index contributed by atoms with van der Waals surface area (Å²) in [5.41, 5.74) is -0.366. The van der Waals surface area contributed by atoms with E-state index in [1.807, 2.05) is 0 Å². The van der Waals surface area contributed by atoms with Crippen LogP contribution in [0.2, 0.25) is 5.02 Å². The number of amides is 13. The maximum absolute atomic E-state index is 15.6. The third-order valence-electron chi connectivity index (χ3n) is 18.8. The summed E-state index contributed by atoms with van der Waals surface area (Å²) in [7, 11) is 9.13. The highest BCUT2D eigenvalue weighted by molar-refractivity contribution is 6.30. The summed E-state index contributed by atoms with van der Waals surface area (Å²) in [6.07, 6.45) is -4.63. The van der Waals surface area contributed by atoms with E-state index in [4.69, 9.17) is 16.3 Å². The van der Waals surface area contributed by atoms with E-state index in [0.29, 0.717) is 54.1 Å². The Kier molecular flexibility index (Phi) is 32.3. The Bertz CT molecular complexity index is 3540. The molecule has 105 heavy (non-hydrogen) atoms. The van der Waals surface area contributed by atoms with E-state index >= 15 is 19.2 Å². The molecule has 0 radical (unpaired) electrons. The van der Waals surface area contributed by atoms with Gasteiger partial charge >= 0.3 is 6.18 Å². The topological polar surface area (TPSA) is 317 Å². The number of likely N-dealkylation sites (tertiary alicyclic amines) is 1. The van der Waals surface area contributed by atoms with Gasteiger partial charge in [0.1, 0.15) is 54.9 Å².